The van der Waals surface area contributed by atoms with Gasteiger partial charge in [-0.05, 0) is 42.2 Å². The maximum Gasteiger partial charge on any atom is 0.408 e. The first kappa shape index (κ1) is 33.1. The van der Waals surface area contributed by atoms with Crippen LogP contribution < -0.4 is 27.6 Å². The number of ketones is 2. The summed E-state index contributed by atoms with van der Waals surface area (Å²) < 4.78 is 5.17. The van der Waals surface area contributed by atoms with Crippen LogP contribution in [0.5, 0.6) is 0 Å². The SMILES string of the molecule is CC(C)C[C@H](NC(=O)OCc1ccccc1)C(=O)NNC(=O)C(=O)[C@@H](N)CC(C)CC(=O)[C@@H](N)Cc1ccccc1. The lowest BCUT2D eigenvalue weighted by molar-refractivity contribution is -0.140. The molecule has 3 amide bonds. The number of amides is 3. The van der Waals surface area contributed by atoms with Crippen molar-refractivity contribution in [2.24, 2.45) is 23.3 Å². The normalized spacial score (nSPS) is 13.8. The molecule has 0 radical (unpaired) electrons. The summed E-state index contributed by atoms with van der Waals surface area (Å²) in [6.45, 7) is 5.49. The highest BCUT2D eigenvalue weighted by Crippen LogP contribution is 2.14. The molecule has 0 aliphatic heterocycles. The zero-order valence-corrected chi connectivity index (χ0v) is 23.8. The highest BCUT2D eigenvalue weighted by molar-refractivity contribution is 6.38. The minimum absolute atomic E-state index is 0.0226. The lowest BCUT2D eigenvalue weighted by atomic mass is 9.91. The van der Waals surface area contributed by atoms with Gasteiger partial charge in [-0.25, -0.2) is 4.79 Å². The Bertz CT molecular complexity index is 1160. The van der Waals surface area contributed by atoms with E-state index in [9.17, 15) is 24.0 Å². The van der Waals surface area contributed by atoms with Crippen LogP contribution >= 0.6 is 0 Å². The number of ether oxygens (including phenoxy) is 1. The molecular weight excluding hydrogens is 526 g/mol. The first-order valence-corrected chi connectivity index (χ1v) is 13.6. The lowest BCUT2D eigenvalue weighted by Gasteiger charge is -2.21. The van der Waals surface area contributed by atoms with E-state index in [4.69, 9.17) is 16.2 Å². The summed E-state index contributed by atoms with van der Waals surface area (Å²) >= 11 is 0. The number of carbonyl (C=O) groups excluding carboxylic acids is 5. The predicted octanol–water partition coefficient (Wildman–Crippen LogP) is 1.93. The second-order valence-electron chi connectivity index (χ2n) is 10.6. The Balaban J connectivity index is 1.80. The highest BCUT2D eigenvalue weighted by atomic mass is 16.5. The third kappa shape index (κ3) is 12.3. The minimum Gasteiger partial charge on any atom is -0.445 e. The maximum atomic E-state index is 12.7. The zero-order chi connectivity index (χ0) is 30.4. The molecule has 0 saturated carbocycles. The standard InChI is InChI=1S/C30H41N5O6/c1-19(2)14-25(33-30(40)41-18-22-12-8-5-9-13-22)28(38)34-35-29(39)27(37)24(32)15-20(3)16-26(36)23(31)17-21-10-6-4-7-11-21/h4-13,19-20,23-25H,14-18,31-32H2,1-3H3,(H,33,40)(H,34,38)(H,35,39)/t20?,23-,24-,25-/m0/s1. The van der Waals surface area contributed by atoms with Gasteiger partial charge in [0.25, 0.3) is 5.91 Å². The molecule has 2 rings (SSSR count). The largest absolute Gasteiger partial charge is 0.445 e. The molecule has 0 bridgehead atoms. The smallest absolute Gasteiger partial charge is 0.408 e. The molecule has 222 valence electrons. The van der Waals surface area contributed by atoms with E-state index in [2.05, 4.69) is 16.2 Å². The average Bonchev–Trinajstić information content (AvgIpc) is 2.94. The number of nitrogens with one attached hydrogen (secondary N) is 3. The van der Waals surface area contributed by atoms with Gasteiger partial charge in [-0.15, -0.1) is 0 Å². The Morgan fingerprint density at radius 2 is 1.37 bits per heavy atom. The maximum absolute atomic E-state index is 12.7. The van der Waals surface area contributed by atoms with Gasteiger partial charge in [-0.2, -0.15) is 0 Å². The fourth-order valence-corrected chi connectivity index (χ4v) is 4.15. The van der Waals surface area contributed by atoms with Crippen LogP contribution in [0, 0.1) is 11.8 Å². The second kappa shape index (κ2) is 16.9. The molecule has 0 spiro atoms. The molecule has 7 N–H and O–H groups in total. The summed E-state index contributed by atoms with van der Waals surface area (Å²) in [6, 6.07) is 15.6. The van der Waals surface area contributed by atoms with Crippen LogP contribution in [0.1, 0.15) is 51.2 Å². The molecule has 11 nitrogen and oxygen atoms in total. The number of hydrogen-bond acceptors (Lipinski definition) is 8. The number of hydrogen-bond donors (Lipinski definition) is 5. The van der Waals surface area contributed by atoms with Gasteiger partial charge in [0.2, 0.25) is 5.78 Å². The highest BCUT2D eigenvalue weighted by Gasteiger charge is 2.28. The Labute approximate surface area is 240 Å². The van der Waals surface area contributed by atoms with Gasteiger partial charge in [0.05, 0.1) is 12.1 Å². The molecule has 0 aromatic heterocycles. The summed E-state index contributed by atoms with van der Waals surface area (Å²) in [4.78, 5) is 62.4. The molecule has 0 aliphatic carbocycles. The molecule has 0 fully saturated rings. The molecule has 4 atom stereocenters. The van der Waals surface area contributed by atoms with E-state index in [1.54, 1.807) is 19.1 Å². The first-order chi connectivity index (χ1) is 19.5. The van der Waals surface area contributed by atoms with Crippen LogP contribution in [-0.4, -0.2) is 47.6 Å². The molecule has 0 saturated heterocycles. The molecule has 1 unspecified atom stereocenters. The number of Topliss-reactive ketones (excluding diaryl/α,β-unsaturated/α-hetero) is 2. The van der Waals surface area contributed by atoms with Crippen molar-refractivity contribution in [1.29, 1.82) is 0 Å². The molecule has 2 aromatic rings. The van der Waals surface area contributed by atoms with Crippen molar-refractivity contribution in [3.8, 4) is 0 Å². The van der Waals surface area contributed by atoms with E-state index in [-0.39, 0.29) is 43.5 Å². The van der Waals surface area contributed by atoms with Gasteiger partial charge >= 0.3 is 12.0 Å². The van der Waals surface area contributed by atoms with E-state index in [0.29, 0.717) is 6.42 Å². The molecule has 0 aliphatic rings. The Kier molecular flexibility index (Phi) is 13.6. The predicted molar refractivity (Wildman–Crippen MR) is 154 cm³/mol. The second-order valence-corrected chi connectivity index (χ2v) is 10.6. The van der Waals surface area contributed by atoms with E-state index < -0.39 is 41.8 Å². The summed E-state index contributed by atoms with van der Waals surface area (Å²) in [5, 5.41) is 2.49. The zero-order valence-electron chi connectivity index (χ0n) is 23.8. The molecule has 41 heavy (non-hydrogen) atoms. The van der Waals surface area contributed by atoms with Gasteiger partial charge in [0.1, 0.15) is 18.4 Å². The lowest BCUT2D eigenvalue weighted by Crippen LogP contribution is -2.55. The Hall–Kier alpha value is -4.09. The molecule has 11 heteroatoms. The Morgan fingerprint density at radius 1 is 0.780 bits per heavy atom. The number of nitrogens with two attached hydrogens (primary N) is 2. The van der Waals surface area contributed by atoms with E-state index in [0.717, 1.165) is 11.1 Å². The number of hydrazine groups is 1. The summed E-state index contributed by atoms with van der Waals surface area (Å²) in [5.74, 6) is -3.22. The fourth-order valence-electron chi connectivity index (χ4n) is 4.15. The topological polar surface area (TPSA) is 183 Å². The third-order valence-corrected chi connectivity index (χ3v) is 6.31. The van der Waals surface area contributed by atoms with E-state index >= 15 is 0 Å². The van der Waals surface area contributed by atoms with Gasteiger partial charge in [0.15, 0.2) is 0 Å². The minimum atomic E-state index is -1.18. The van der Waals surface area contributed by atoms with Crippen LogP contribution in [0.2, 0.25) is 0 Å². The number of rotatable bonds is 15. The summed E-state index contributed by atoms with van der Waals surface area (Å²) in [6.07, 6.45) is 0.0428. The quantitative estimate of drug-likeness (QED) is 0.160. The van der Waals surface area contributed by atoms with Crippen molar-refractivity contribution in [2.45, 2.75) is 71.2 Å². The van der Waals surface area contributed by atoms with Crippen molar-refractivity contribution in [1.82, 2.24) is 16.2 Å². The van der Waals surface area contributed by atoms with Crippen LogP contribution in [0.4, 0.5) is 4.79 Å². The van der Waals surface area contributed by atoms with Crippen molar-refractivity contribution in [3.63, 3.8) is 0 Å². The average molecular weight is 568 g/mol. The van der Waals surface area contributed by atoms with Crippen molar-refractivity contribution in [2.75, 3.05) is 0 Å². The van der Waals surface area contributed by atoms with E-state index in [1.807, 2.05) is 62.4 Å². The molecular formula is C30H41N5O6. The first-order valence-electron chi connectivity index (χ1n) is 13.6. The van der Waals surface area contributed by atoms with E-state index in [1.165, 1.54) is 0 Å². The van der Waals surface area contributed by atoms with Crippen LogP contribution in [-0.2, 0) is 36.9 Å². The van der Waals surface area contributed by atoms with Crippen molar-refractivity contribution in [3.05, 3.63) is 71.8 Å². The number of benzene rings is 2. The number of alkyl carbamates (subject to hydrolysis) is 1. The summed E-state index contributed by atoms with van der Waals surface area (Å²) in [5.41, 5.74) is 17.9. The van der Waals surface area contributed by atoms with Gasteiger partial charge in [0, 0.05) is 6.42 Å². The monoisotopic (exact) mass is 567 g/mol. The van der Waals surface area contributed by atoms with Crippen molar-refractivity contribution >= 4 is 29.5 Å². The Morgan fingerprint density at radius 3 is 1.95 bits per heavy atom. The fraction of sp³-hybridized carbons (Fsp3) is 0.433. The number of carbonyl (C=O) groups is 5. The summed E-state index contributed by atoms with van der Waals surface area (Å²) in [7, 11) is 0. The van der Waals surface area contributed by atoms with Crippen LogP contribution in [0.15, 0.2) is 60.7 Å². The van der Waals surface area contributed by atoms with Gasteiger partial charge in [-0.1, -0.05) is 81.4 Å². The molecule has 0 heterocycles. The van der Waals surface area contributed by atoms with Crippen LogP contribution in [0.25, 0.3) is 0 Å². The van der Waals surface area contributed by atoms with Crippen LogP contribution in [0.3, 0.4) is 0 Å². The third-order valence-electron chi connectivity index (χ3n) is 6.31. The van der Waals surface area contributed by atoms with Gasteiger partial charge in [-0.3, -0.25) is 30.0 Å². The van der Waals surface area contributed by atoms with Crippen molar-refractivity contribution < 1.29 is 28.7 Å². The molecule has 2 aromatic carbocycles. The van der Waals surface area contributed by atoms with Gasteiger partial charge < -0.3 is 21.5 Å².